The van der Waals surface area contributed by atoms with Gasteiger partial charge in [-0.15, -0.1) is 23.2 Å². The number of hydrogen-bond donors (Lipinski definition) is 0. The quantitative estimate of drug-likeness (QED) is 0.671. The van der Waals surface area contributed by atoms with Crippen LogP contribution in [-0.4, -0.2) is 11.8 Å². The third kappa shape index (κ3) is 3.53. The van der Waals surface area contributed by atoms with Gasteiger partial charge in [0, 0.05) is 17.2 Å². The predicted molar refractivity (Wildman–Crippen MR) is 79.6 cm³/mol. The van der Waals surface area contributed by atoms with E-state index in [0.29, 0.717) is 17.5 Å². The molecule has 0 aliphatic heterocycles. The van der Waals surface area contributed by atoms with Crippen LogP contribution in [0.2, 0.25) is 0 Å². The zero-order valence-corrected chi connectivity index (χ0v) is 12.6. The highest BCUT2D eigenvalue weighted by molar-refractivity contribution is 6.22. The van der Waals surface area contributed by atoms with Gasteiger partial charge in [-0.2, -0.15) is 0 Å². The fraction of sp³-hybridized carbons (Fsp3) is 0.250. The summed E-state index contributed by atoms with van der Waals surface area (Å²) in [6.45, 7) is 0. The predicted octanol–water partition coefficient (Wildman–Crippen LogP) is 5.06. The van der Waals surface area contributed by atoms with Crippen LogP contribution < -0.4 is 0 Å². The molecule has 0 aliphatic carbocycles. The van der Waals surface area contributed by atoms with Gasteiger partial charge >= 0.3 is 0 Å². The lowest BCUT2D eigenvalue weighted by atomic mass is 9.78. The van der Waals surface area contributed by atoms with Crippen LogP contribution in [0, 0.1) is 17.5 Å². The van der Waals surface area contributed by atoms with Crippen LogP contribution >= 0.6 is 23.2 Å². The van der Waals surface area contributed by atoms with Crippen molar-refractivity contribution in [3.05, 3.63) is 71.0 Å². The maximum absolute atomic E-state index is 13.4. The third-order valence-electron chi connectivity index (χ3n) is 3.48. The van der Waals surface area contributed by atoms with Crippen molar-refractivity contribution in [1.82, 2.24) is 0 Å². The van der Waals surface area contributed by atoms with Gasteiger partial charge in [-0.25, -0.2) is 13.2 Å². The number of alkyl halides is 2. The summed E-state index contributed by atoms with van der Waals surface area (Å²) in [7, 11) is 0. The molecular weight excluding hydrogens is 320 g/mol. The van der Waals surface area contributed by atoms with E-state index < -0.39 is 22.9 Å². The summed E-state index contributed by atoms with van der Waals surface area (Å²) in [5, 5.41) is 0. The molecule has 0 N–H and O–H groups in total. The van der Waals surface area contributed by atoms with Gasteiger partial charge in [-0.1, -0.05) is 18.2 Å². The van der Waals surface area contributed by atoms with Gasteiger partial charge in [0.1, 0.15) is 5.82 Å². The van der Waals surface area contributed by atoms with Crippen LogP contribution in [0.15, 0.2) is 42.5 Å². The fourth-order valence-electron chi connectivity index (χ4n) is 2.25. The Labute approximate surface area is 131 Å². The minimum Gasteiger partial charge on any atom is -0.207 e. The molecule has 0 aromatic heterocycles. The molecule has 0 unspecified atom stereocenters. The summed E-state index contributed by atoms with van der Waals surface area (Å²) in [6, 6.07) is 9.65. The van der Waals surface area contributed by atoms with E-state index in [0.717, 1.165) is 12.1 Å². The molecule has 0 atom stereocenters. The summed E-state index contributed by atoms with van der Waals surface area (Å²) in [6.07, 6.45) is 0.292. The first-order valence-electron chi connectivity index (χ1n) is 6.33. The number of benzene rings is 2. The van der Waals surface area contributed by atoms with Crippen molar-refractivity contribution in [1.29, 1.82) is 0 Å². The molecular formula is C16H13Cl2F3. The summed E-state index contributed by atoms with van der Waals surface area (Å²) in [5.41, 5.74) is 0.451. The molecule has 2 rings (SSSR count). The van der Waals surface area contributed by atoms with E-state index in [2.05, 4.69) is 0 Å². The van der Waals surface area contributed by atoms with E-state index in [1.165, 1.54) is 18.2 Å². The first-order chi connectivity index (χ1) is 10.0. The van der Waals surface area contributed by atoms with E-state index >= 15 is 0 Å². The molecule has 5 heteroatoms. The topological polar surface area (TPSA) is 0 Å². The standard InChI is InChI=1S/C16H13Cl2F3/c17-9-16(10-18,12-2-1-3-13(19)7-12)8-11-4-5-14(20)15(21)6-11/h1-7H,8-10H2. The molecule has 0 saturated carbocycles. The van der Waals surface area contributed by atoms with E-state index in [-0.39, 0.29) is 11.8 Å². The first kappa shape index (κ1) is 16.2. The van der Waals surface area contributed by atoms with Gasteiger partial charge in [0.25, 0.3) is 0 Å². The fourth-order valence-corrected chi connectivity index (χ4v) is 3.03. The van der Waals surface area contributed by atoms with Gasteiger partial charge in [0.2, 0.25) is 0 Å². The van der Waals surface area contributed by atoms with Crippen LogP contribution in [-0.2, 0) is 11.8 Å². The summed E-state index contributed by atoms with van der Waals surface area (Å²) < 4.78 is 39.8. The first-order valence-corrected chi connectivity index (χ1v) is 7.39. The lowest BCUT2D eigenvalue weighted by Gasteiger charge is -2.30. The monoisotopic (exact) mass is 332 g/mol. The van der Waals surface area contributed by atoms with Crippen molar-refractivity contribution in [2.45, 2.75) is 11.8 Å². The van der Waals surface area contributed by atoms with E-state index in [4.69, 9.17) is 23.2 Å². The SMILES string of the molecule is Fc1cccc(C(CCl)(CCl)Cc2ccc(F)c(F)c2)c1. The molecule has 112 valence electrons. The summed E-state index contributed by atoms with van der Waals surface area (Å²) >= 11 is 12.1. The molecule has 2 aromatic rings. The molecule has 21 heavy (non-hydrogen) atoms. The Kier molecular flexibility index (Phi) is 5.17. The zero-order valence-electron chi connectivity index (χ0n) is 11.1. The molecule has 0 spiro atoms. The maximum atomic E-state index is 13.4. The lowest BCUT2D eigenvalue weighted by molar-refractivity contribution is 0.497. The van der Waals surface area contributed by atoms with Gasteiger partial charge in [0.05, 0.1) is 0 Å². The van der Waals surface area contributed by atoms with Crippen LogP contribution in [0.4, 0.5) is 13.2 Å². The molecule has 0 aliphatic rings. The summed E-state index contributed by atoms with van der Waals surface area (Å²) in [5.74, 6) is -1.95. The maximum Gasteiger partial charge on any atom is 0.159 e. The van der Waals surface area contributed by atoms with Crippen molar-refractivity contribution in [3.8, 4) is 0 Å². The van der Waals surface area contributed by atoms with Crippen molar-refractivity contribution < 1.29 is 13.2 Å². The Morgan fingerprint density at radius 3 is 2.14 bits per heavy atom. The molecule has 0 fully saturated rings. The average molecular weight is 333 g/mol. The van der Waals surface area contributed by atoms with Crippen molar-refractivity contribution in [2.75, 3.05) is 11.8 Å². The Morgan fingerprint density at radius 1 is 0.857 bits per heavy atom. The van der Waals surface area contributed by atoms with Gasteiger partial charge < -0.3 is 0 Å². The highest BCUT2D eigenvalue weighted by Gasteiger charge is 2.31. The molecule has 0 amide bonds. The second kappa shape index (κ2) is 6.71. The second-order valence-corrected chi connectivity index (χ2v) is 5.52. The van der Waals surface area contributed by atoms with E-state index in [1.807, 2.05) is 0 Å². The molecule has 0 saturated heterocycles. The highest BCUT2D eigenvalue weighted by Crippen LogP contribution is 2.32. The number of rotatable bonds is 5. The smallest absolute Gasteiger partial charge is 0.159 e. The van der Waals surface area contributed by atoms with Crippen molar-refractivity contribution in [2.24, 2.45) is 0 Å². The summed E-state index contributed by atoms with van der Waals surface area (Å²) in [4.78, 5) is 0. The normalized spacial score (nSPS) is 11.7. The number of hydrogen-bond acceptors (Lipinski definition) is 0. The number of halogens is 5. The molecule has 2 aromatic carbocycles. The van der Waals surface area contributed by atoms with E-state index in [9.17, 15) is 13.2 Å². The van der Waals surface area contributed by atoms with Crippen molar-refractivity contribution in [3.63, 3.8) is 0 Å². The van der Waals surface area contributed by atoms with Crippen LogP contribution in [0.5, 0.6) is 0 Å². The van der Waals surface area contributed by atoms with Gasteiger partial charge in [-0.3, -0.25) is 0 Å². The van der Waals surface area contributed by atoms with Gasteiger partial charge in [-0.05, 0) is 41.8 Å². The lowest BCUT2D eigenvalue weighted by Crippen LogP contribution is -2.33. The molecule has 0 heterocycles. The van der Waals surface area contributed by atoms with Gasteiger partial charge in [0.15, 0.2) is 11.6 Å². The van der Waals surface area contributed by atoms with Crippen LogP contribution in [0.25, 0.3) is 0 Å². The Hall–Kier alpha value is -1.19. The Bertz CT molecular complexity index is 625. The highest BCUT2D eigenvalue weighted by atomic mass is 35.5. The van der Waals surface area contributed by atoms with Crippen LogP contribution in [0.1, 0.15) is 11.1 Å². The van der Waals surface area contributed by atoms with Crippen molar-refractivity contribution >= 4 is 23.2 Å². The Morgan fingerprint density at radius 2 is 1.57 bits per heavy atom. The third-order valence-corrected chi connectivity index (χ3v) is 4.50. The Balaban J connectivity index is 2.40. The average Bonchev–Trinajstić information content (AvgIpc) is 2.48. The molecule has 0 bridgehead atoms. The minimum absolute atomic E-state index is 0.138. The van der Waals surface area contributed by atoms with Crippen LogP contribution in [0.3, 0.4) is 0 Å². The zero-order chi connectivity index (χ0) is 15.5. The largest absolute Gasteiger partial charge is 0.207 e. The minimum atomic E-state index is -0.926. The molecule has 0 nitrogen and oxygen atoms in total. The molecule has 0 radical (unpaired) electrons. The van der Waals surface area contributed by atoms with E-state index in [1.54, 1.807) is 12.1 Å². The second-order valence-electron chi connectivity index (χ2n) is 4.98.